The van der Waals surface area contributed by atoms with Crippen LogP contribution in [0.4, 0.5) is 0 Å². The molecule has 0 bridgehead atoms. The Kier molecular flexibility index (Phi) is 29.2. The van der Waals surface area contributed by atoms with Crippen molar-refractivity contribution < 1.29 is 52.0 Å². The van der Waals surface area contributed by atoms with Gasteiger partial charge in [0.15, 0.2) is 0 Å². The molecule has 15 nitrogen and oxygen atoms in total. The van der Waals surface area contributed by atoms with Crippen molar-refractivity contribution in [3.05, 3.63) is 0 Å². The smallest absolute Gasteiger partial charge is 0.377 e. The number of nitrogens with one attached hydrogen (secondary N) is 3. The molecule has 1 fully saturated rings. The Morgan fingerprint density at radius 3 is 1.80 bits per heavy atom. The van der Waals surface area contributed by atoms with E-state index in [1.54, 1.807) is 6.92 Å². The van der Waals surface area contributed by atoms with E-state index >= 15 is 0 Å². The number of imide groups is 1. The summed E-state index contributed by atoms with van der Waals surface area (Å²) in [6.07, 6.45) is 18.4. The fraction of sp³-hybridized carbons (Fsp3) is 0.868. The summed E-state index contributed by atoms with van der Waals surface area (Å²) >= 11 is 0. The molecule has 0 aliphatic carbocycles. The quantitative estimate of drug-likeness (QED) is 0.0364. The first-order valence-corrected chi connectivity index (χ1v) is 22.0. The summed E-state index contributed by atoms with van der Waals surface area (Å²) in [6, 6.07) is -1.19. The average molecular weight is 791 g/mol. The molecule has 3 atom stereocenters. The van der Waals surface area contributed by atoms with Gasteiger partial charge in [0.1, 0.15) is 6.04 Å². The van der Waals surface area contributed by atoms with E-state index < -0.39 is 26.4 Å². The molecule has 1 rings (SSSR count). The minimum absolute atomic E-state index is 0.0541. The standard InChI is InChI=1S/C38H71N4O11P/c1-4-6-7-8-9-10-11-12-13-14-15-16-18-22-35(44)41-33(31-53-54(48,49)52-5-2)37(46)40-24-27-51-29-28-50-26-23-39-34(43)21-19-17-20-25-42-36(45)30-32(3)38(42)47/h32-33H,4-31H2,1-3H3,(H,39,43)(H,40,46)(H,41,44)(H,48,49)/t32?,33-/m0/s1. The minimum atomic E-state index is -4.37. The molecule has 314 valence electrons. The average Bonchev–Trinajstić information content (AvgIpc) is 3.37. The third-order valence-corrected chi connectivity index (χ3v) is 10.2. The number of rotatable bonds is 36. The van der Waals surface area contributed by atoms with Crippen LogP contribution in [0.5, 0.6) is 0 Å². The van der Waals surface area contributed by atoms with Crippen LogP contribution in [-0.2, 0) is 47.1 Å². The molecule has 16 heteroatoms. The van der Waals surface area contributed by atoms with E-state index in [1.807, 2.05) is 0 Å². The van der Waals surface area contributed by atoms with Gasteiger partial charge in [-0.25, -0.2) is 4.57 Å². The highest BCUT2D eigenvalue weighted by Gasteiger charge is 2.34. The SMILES string of the molecule is CCCCCCCCCCCCCCCC(=O)N[C@@H](COP(=O)(O)OCC)C(=O)NCCOCCOCCNC(=O)CCCCCN1C(=O)CC(C)C1=O. The van der Waals surface area contributed by atoms with Gasteiger partial charge in [-0.2, -0.15) is 0 Å². The van der Waals surface area contributed by atoms with Crippen molar-refractivity contribution in [3.8, 4) is 0 Å². The molecule has 1 aliphatic heterocycles. The molecule has 0 radical (unpaired) electrons. The van der Waals surface area contributed by atoms with Crippen LogP contribution in [0.25, 0.3) is 0 Å². The molecule has 0 spiro atoms. The highest BCUT2D eigenvalue weighted by Crippen LogP contribution is 2.42. The predicted molar refractivity (Wildman–Crippen MR) is 206 cm³/mol. The van der Waals surface area contributed by atoms with E-state index in [9.17, 15) is 33.4 Å². The first kappa shape index (κ1) is 49.6. The van der Waals surface area contributed by atoms with Crippen molar-refractivity contribution >= 4 is 37.4 Å². The molecule has 1 aliphatic rings. The second-order valence-corrected chi connectivity index (χ2v) is 15.4. The summed E-state index contributed by atoms with van der Waals surface area (Å²) in [6.45, 7) is 6.85. The monoisotopic (exact) mass is 790 g/mol. The molecular formula is C38H71N4O11P. The van der Waals surface area contributed by atoms with E-state index in [4.69, 9.17) is 18.5 Å². The Labute approximate surface area is 323 Å². The summed E-state index contributed by atoms with van der Waals surface area (Å²) in [5, 5.41) is 8.06. The maximum Gasteiger partial charge on any atom is 0.472 e. The highest BCUT2D eigenvalue weighted by molar-refractivity contribution is 7.47. The molecular weight excluding hydrogens is 719 g/mol. The van der Waals surface area contributed by atoms with Crippen LogP contribution < -0.4 is 16.0 Å². The lowest BCUT2D eigenvalue weighted by atomic mass is 10.0. The molecule has 0 saturated carbocycles. The Hall–Kier alpha value is -2.42. The molecule has 2 unspecified atom stereocenters. The van der Waals surface area contributed by atoms with Crippen LogP contribution in [-0.4, -0.2) is 105 Å². The summed E-state index contributed by atoms with van der Waals surface area (Å²) in [7, 11) is -4.37. The number of phosphoric ester groups is 1. The number of likely N-dealkylation sites (tertiary alicyclic amines) is 1. The van der Waals surface area contributed by atoms with Crippen LogP contribution in [0, 0.1) is 5.92 Å². The zero-order chi connectivity index (χ0) is 39.9. The number of ether oxygens (including phenoxy) is 2. The molecule has 0 aromatic heterocycles. The maximum atomic E-state index is 12.8. The fourth-order valence-corrected chi connectivity index (χ4v) is 6.72. The number of carbonyl (C=O) groups is 5. The molecule has 1 saturated heterocycles. The second kappa shape index (κ2) is 31.7. The number of unbranched alkanes of at least 4 members (excludes halogenated alkanes) is 14. The van der Waals surface area contributed by atoms with Gasteiger partial charge in [0.05, 0.1) is 39.6 Å². The van der Waals surface area contributed by atoms with E-state index in [1.165, 1.54) is 69.6 Å². The van der Waals surface area contributed by atoms with E-state index in [-0.39, 0.29) is 75.4 Å². The third kappa shape index (κ3) is 25.6. The Morgan fingerprint density at radius 1 is 0.741 bits per heavy atom. The number of phosphoric acid groups is 1. The van der Waals surface area contributed by atoms with Crippen LogP contribution in [0.15, 0.2) is 0 Å². The van der Waals surface area contributed by atoms with Gasteiger partial charge >= 0.3 is 7.82 Å². The van der Waals surface area contributed by atoms with Gasteiger partial charge < -0.3 is 30.3 Å². The summed E-state index contributed by atoms with van der Waals surface area (Å²) in [4.78, 5) is 72.4. The number of nitrogens with zero attached hydrogens (tertiary/aromatic N) is 1. The van der Waals surface area contributed by atoms with Gasteiger partial charge in [-0.15, -0.1) is 0 Å². The zero-order valence-corrected chi connectivity index (χ0v) is 34.3. The zero-order valence-electron chi connectivity index (χ0n) is 33.4. The van der Waals surface area contributed by atoms with Crippen LogP contribution in [0.1, 0.15) is 143 Å². The van der Waals surface area contributed by atoms with Crippen molar-refractivity contribution in [2.24, 2.45) is 5.92 Å². The molecule has 4 N–H and O–H groups in total. The van der Waals surface area contributed by atoms with Gasteiger partial charge in [-0.3, -0.25) is 37.9 Å². The Balaban J connectivity index is 2.15. The lowest BCUT2D eigenvalue weighted by molar-refractivity contribution is -0.139. The minimum Gasteiger partial charge on any atom is -0.377 e. The van der Waals surface area contributed by atoms with Crippen molar-refractivity contribution in [1.29, 1.82) is 0 Å². The van der Waals surface area contributed by atoms with Crippen molar-refractivity contribution in [2.45, 2.75) is 149 Å². The first-order valence-electron chi connectivity index (χ1n) is 20.5. The fourth-order valence-electron chi connectivity index (χ4n) is 5.98. The lowest BCUT2D eigenvalue weighted by Crippen LogP contribution is -2.49. The number of carbonyl (C=O) groups excluding carboxylic acids is 5. The molecule has 0 aromatic rings. The molecule has 0 aromatic carbocycles. The molecule has 5 amide bonds. The summed E-state index contributed by atoms with van der Waals surface area (Å²) in [5.41, 5.74) is 0. The Bertz CT molecular complexity index is 1110. The van der Waals surface area contributed by atoms with E-state index in [0.29, 0.717) is 45.4 Å². The van der Waals surface area contributed by atoms with Gasteiger partial charge in [-0.1, -0.05) is 97.3 Å². The number of hydrogen-bond acceptors (Lipinski definition) is 10. The van der Waals surface area contributed by atoms with Crippen molar-refractivity contribution in [1.82, 2.24) is 20.9 Å². The van der Waals surface area contributed by atoms with Gasteiger partial charge in [0.25, 0.3) is 0 Å². The number of amides is 5. The van der Waals surface area contributed by atoms with Crippen LogP contribution in [0.3, 0.4) is 0 Å². The van der Waals surface area contributed by atoms with Gasteiger partial charge in [0.2, 0.25) is 29.5 Å². The third-order valence-electron chi connectivity index (χ3n) is 9.10. The topological polar surface area (TPSA) is 199 Å². The highest BCUT2D eigenvalue weighted by atomic mass is 31.2. The maximum absolute atomic E-state index is 12.8. The lowest BCUT2D eigenvalue weighted by Gasteiger charge is -2.20. The number of hydrogen-bond donors (Lipinski definition) is 4. The van der Waals surface area contributed by atoms with Crippen LogP contribution in [0.2, 0.25) is 0 Å². The van der Waals surface area contributed by atoms with Crippen molar-refractivity contribution in [2.75, 3.05) is 59.3 Å². The molecule has 54 heavy (non-hydrogen) atoms. The predicted octanol–water partition coefficient (Wildman–Crippen LogP) is 5.33. The van der Waals surface area contributed by atoms with E-state index in [0.717, 1.165) is 25.7 Å². The largest absolute Gasteiger partial charge is 0.472 e. The molecule has 1 heterocycles. The summed E-state index contributed by atoms with van der Waals surface area (Å²) < 4.78 is 32.6. The van der Waals surface area contributed by atoms with Gasteiger partial charge in [-0.05, 0) is 26.2 Å². The Morgan fingerprint density at radius 2 is 1.26 bits per heavy atom. The van der Waals surface area contributed by atoms with Crippen molar-refractivity contribution in [3.63, 3.8) is 0 Å². The van der Waals surface area contributed by atoms with Gasteiger partial charge in [0, 0.05) is 44.8 Å². The summed E-state index contributed by atoms with van der Waals surface area (Å²) in [5.74, 6) is -1.47. The second-order valence-electron chi connectivity index (χ2n) is 14.0. The van der Waals surface area contributed by atoms with Crippen LogP contribution >= 0.6 is 7.82 Å². The van der Waals surface area contributed by atoms with E-state index in [2.05, 4.69) is 22.9 Å². The normalized spacial score (nSPS) is 16.0. The first-order chi connectivity index (χ1) is 26.0.